The molecule has 1 amide bonds. The number of amides is 1. The minimum Gasteiger partial charge on any atom is -0.356 e. The van der Waals surface area contributed by atoms with Crippen LogP contribution < -0.4 is 11.5 Å². The number of unbranched alkanes of at least 4 members (excludes halogenated alkanes) is 14. The Morgan fingerprint density at radius 1 is 0.733 bits per heavy atom. The van der Waals surface area contributed by atoms with Gasteiger partial charge in [-0.1, -0.05) is 96.8 Å². The average molecular weight is 453 g/mol. The third kappa shape index (κ3) is 23.6. The first kappa shape index (κ1) is 31.5. The second-order valence-electron chi connectivity index (χ2n) is 7.80. The van der Waals surface area contributed by atoms with Gasteiger partial charge in [-0.2, -0.15) is 8.42 Å². The topological polar surface area (TPSA) is 117 Å². The summed E-state index contributed by atoms with van der Waals surface area (Å²) in [5, 5.41) is 2.78. The smallest absolute Gasteiger partial charge is 0.356 e. The molecule has 7 nitrogen and oxygen atoms in total. The van der Waals surface area contributed by atoms with Crippen LogP contribution >= 0.6 is 0 Å². The van der Waals surface area contributed by atoms with E-state index in [0.717, 1.165) is 20.0 Å². The average Bonchev–Trinajstić information content (AvgIpc) is 2.70. The van der Waals surface area contributed by atoms with E-state index in [0.29, 0.717) is 19.4 Å². The van der Waals surface area contributed by atoms with Crippen molar-refractivity contribution in [3.63, 3.8) is 0 Å². The highest BCUT2D eigenvalue weighted by atomic mass is 32.3. The van der Waals surface area contributed by atoms with Gasteiger partial charge in [-0.3, -0.25) is 8.98 Å². The Kier molecular flexibility index (Phi) is 24.1. The summed E-state index contributed by atoms with van der Waals surface area (Å²) in [5.74, 6) is 0.0225. The molecule has 0 bridgehead atoms. The lowest BCUT2D eigenvalue weighted by Crippen LogP contribution is -2.25. The van der Waals surface area contributed by atoms with Crippen molar-refractivity contribution in [2.45, 2.75) is 116 Å². The molecule has 0 heterocycles. The van der Waals surface area contributed by atoms with Crippen molar-refractivity contribution in [2.24, 2.45) is 0 Å². The van der Waals surface area contributed by atoms with Crippen LogP contribution in [0.3, 0.4) is 0 Å². The molecule has 0 atom stereocenters. The van der Waals surface area contributed by atoms with Gasteiger partial charge in [0.1, 0.15) is 0 Å². The summed E-state index contributed by atoms with van der Waals surface area (Å²) >= 11 is 0. The largest absolute Gasteiger partial charge is 0.399 e. The molecule has 182 valence electrons. The molecule has 0 unspecified atom stereocenters. The first-order chi connectivity index (χ1) is 14.0. The molecule has 0 spiro atoms. The first-order valence-electron chi connectivity index (χ1n) is 11.7. The summed E-state index contributed by atoms with van der Waals surface area (Å²) in [6, 6.07) is 0. The highest BCUT2D eigenvalue weighted by Gasteiger charge is 2.08. The molecule has 0 rings (SSSR count). The van der Waals surface area contributed by atoms with Gasteiger partial charge in [0.25, 0.3) is 0 Å². The molecule has 8 heteroatoms. The van der Waals surface area contributed by atoms with E-state index in [2.05, 4.69) is 20.6 Å². The highest BCUT2D eigenvalue weighted by Crippen LogP contribution is 2.13. The van der Waals surface area contributed by atoms with Gasteiger partial charge in [-0.15, -0.1) is 0 Å². The SMILES string of the molecule is CCCCCCCCCCCCCCCCCC(=O)NCCCOS(=O)(=O)OC.N. The van der Waals surface area contributed by atoms with Crippen molar-refractivity contribution in [1.29, 1.82) is 0 Å². The van der Waals surface area contributed by atoms with E-state index in [1.807, 2.05) is 0 Å². The Hall–Kier alpha value is -0.700. The van der Waals surface area contributed by atoms with Crippen LogP contribution in [-0.2, 0) is 23.6 Å². The number of hydrogen-bond acceptors (Lipinski definition) is 6. The van der Waals surface area contributed by atoms with Crippen molar-refractivity contribution >= 4 is 16.3 Å². The monoisotopic (exact) mass is 452 g/mol. The van der Waals surface area contributed by atoms with Crippen LogP contribution in [0.1, 0.15) is 116 Å². The van der Waals surface area contributed by atoms with Gasteiger partial charge < -0.3 is 11.5 Å². The summed E-state index contributed by atoms with van der Waals surface area (Å²) in [7, 11) is -2.82. The molecule has 0 aromatic heterocycles. The van der Waals surface area contributed by atoms with E-state index in [1.54, 1.807) is 0 Å². The molecule has 0 aliphatic carbocycles. The molecule has 0 saturated carbocycles. The van der Waals surface area contributed by atoms with Crippen molar-refractivity contribution < 1.29 is 21.6 Å². The molecule has 4 N–H and O–H groups in total. The molecule has 0 aliphatic heterocycles. The first-order valence-corrected chi connectivity index (χ1v) is 13.1. The van der Waals surface area contributed by atoms with Gasteiger partial charge in [-0.05, 0) is 12.8 Å². The normalized spacial score (nSPS) is 11.3. The minimum absolute atomic E-state index is 0. The number of carbonyl (C=O) groups is 1. The third-order valence-electron chi connectivity index (χ3n) is 5.08. The fraction of sp³-hybridized carbons (Fsp3) is 0.955. The minimum atomic E-state index is -3.87. The van der Waals surface area contributed by atoms with Crippen molar-refractivity contribution in [3.8, 4) is 0 Å². The van der Waals surface area contributed by atoms with Crippen LogP contribution in [0.4, 0.5) is 0 Å². The maximum absolute atomic E-state index is 11.7. The van der Waals surface area contributed by atoms with Crippen LogP contribution in [0.15, 0.2) is 0 Å². The Bertz CT molecular complexity index is 472. The van der Waals surface area contributed by atoms with Gasteiger partial charge in [0, 0.05) is 13.0 Å². The lowest BCUT2D eigenvalue weighted by molar-refractivity contribution is -0.121. The van der Waals surface area contributed by atoms with Crippen LogP contribution in [0.2, 0.25) is 0 Å². The molecule has 0 fully saturated rings. The molecule has 0 saturated heterocycles. The zero-order valence-corrected chi connectivity index (χ0v) is 20.4. The number of hydrogen-bond donors (Lipinski definition) is 2. The summed E-state index contributed by atoms with van der Waals surface area (Å²) in [6.45, 7) is 2.69. The fourth-order valence-corrected chi connectivity index (χ4v) is 3.67. The zero-order chi connectivity index (χ0) is 21.6. The number of carbonyl (C=O) groups excluding carboxylic acids is 1. The lowest BCUT2D eigenvalue weighted by atomic mass is 10.0. The molecular weight excluding hydrogens is 404 g/mol. The highest BCUT2D eigenvalue weighted by molar-refractivity contribution is 7.81. The van der Waals surface area contributed by atoms with E-state index in [9.17, 15) is 13.2 Å². The molecule has 0 aliphatic rings. The quantitative estimate of drug-likeness (QED) is 0.200. The van der Waals surface area contributed by atoms with Crippen molar-refractivity contribution in [1.82, 2.24) is 11.5 Å². The van der Waals surface area contributed by atoms with Crippen LogP contribution in [0, 0.1) is 0 Å². The van der Waals surface area contributed by atoms with Gasteiger partial charge >= 0.3 is 10.4 Å². The fourth-order valence-electron chi connectivity index (χ4n) is 3.25. The van der Waals surface area contributed by atoms with Gasteiger partial charge in [0.15, 0.2) is 0 Å². The van der Waals surface area contributed by atoms with E-state index < -0.39 is 10.4 Å². The molecule has 30 heavy (non-hydrogen) atoms. The zero-order valence-electron chi connectivity index (χ0n) is 19.6. The van der Waals surface area contributed by atoms with E-state index in [4.69, 9.17) is 0 Å². The summed E-state index contributed by atoms with van der Waals surface area (Å²) in [6.07, 6.45) is 20.6. The number of nitrogens with one attached hydrogen (secondary N) is 1. The van der Waals surface area contributed by atoms with Gasteiger partial charge in [0.2, 0.25) is 5.91 Å². The summed E-state index contributed by atoms with van der Waals surface area (Å²) < 4.78 is 30.6. The molecular formula is C22H48N2O5S. The number of rotatable bonds is 22. The molecule has 0 aromatic rings. The maximum Gasteiger partial charge on any atom is 0.399 e. The van der Waals surface area contributed by atoms with Crippen molar-refractivity contribution in [3.05, 3.63) is 0 Å². The van der Waals surface area contributed by atoms with E-state index in [-0.39, 0.29) is 18.7 Å². The van der Waals surface area contributed by atoms with Crippen molar-refractivity contribution in [2.75, 3.05) is 20.3 Å². The Morgan fingerprint density at radius 2 is 1.17 bits per heavy atom. The lowest BCUT2D eigenvalue weighted by Gasteiger charge is -2.06. The van der Waals surface area contributed by atoms with Crippen LogP contribution in [0.25, 0.3) is 0 Å². The Balaban J connectivity index is 0. The van der Waals surface area contributed by atoms with Gasteiger partial charge in [0.05, 0.1) is 13.7 Å². The van der Waals surface area contributed by atoms with E-state index >= 15 is 0 Å². The van der Waals surface area contributed by atoms with E-state index in [1.165, 1.54) is 83.5 Å². The van der Waals surface area contributed by atoms with Crippen LogP contribution in [0.5, 0.6) is 0 Å². The predicted octanol–water partition coefficient (Wildman–Crippen LogP) is 5.82. The van der Waals surface area contributed by atoms with Crippen LogP contribution in [-0.4, -0.2) is 34.6 Å². The Morgan fingerprint density at radius 3 is 1.60 bits per heavy atom. The predicted molar refractivity (Wildman–Crippen MR) is 124 cm³/mol. The molecule has 0 aromatic carbocycles. The second-order valence-corrected chi connectivity index (χ2v) is 9.19. The Labute approximate surface area is 186 Å². The maximum atomic E-state index is 11.7. The second kappa shape index (κ2) is 23.0. The standard InChI is InChI=1S/C22H45NO5S.H3N/c1-3-4-5-6-7-8-9-10-11-12-13-14-15-16-17-19-22(24)23-20-18-21-28-29(25,26)27-2;/h3-21H2,1-2H3,(H,23,24);1H3. The van der Waals surface area contributed by atoms with Gasteiger partial charge in [-0.25, -0.2) is 4.18 Å². The third-order valence-corrected chi connectivity index (χ3v) is 5.95. The summed E-state index contributed by atoms with van der Waals surface area (Å²) in [5.41, 5.74) is 0. The summed E-state index contributed by atoms with van der Waals surface area (Å²) in [4.78, 5) is 11.7. The molecule has 0 radical (unpaired) electrons.